The number of amides is 2. The summed E-state index contributed by atoms with van der Waals surface area (Å²) in [4.78, 5) is 37.4. The summed E-state index contributed by atoms with van der Waals surface area (Å²) in [5.74, 6) is -3.31. The molecule has 1 aromatic carbocycles. The molecule has 1 aliphatic heterocycles. The number of allylic oxidation sites excluding steroid dienone is 1. The molecule has 2 rings (SSSR count). The topological polar surface area (TPSA) is 118 Å². The number of methoxy groups -OCH3 is 1. The number of ether oxygens (including phenoxy) is 2. The van der Waals surface area contributed by atoms with Gasteiger partial charge in [0.1, 0.15) is 11.7 Å². The first-order valence-corrected chi connectivity index (χ1v) is 11.6. The van der Waals surface area contributed by atoms with E-state index in [1.807, 2.05) is 13.8 Å². The first kappa shape index (κ1) is 25.6. The van der Waals surface area contributed by atoms with Crippen molar-refractivity contribution < 1.29 is 23.9 Å². The fraction of sp³-hybridized carbons (Fsp3) is 0.455. The standard InChI is InChI=1S/C22H26ClN3O5S/c1-4-6-9-25-17(27)12-32-21-14(11-24)18(19(20(28)26-21)22(29)30-3)13-7-8-16(31-5-2)15(23)10-13/h7-8,10,18-19H,4-6,9,12H2,1-3H3,(H,25,27)(H,26,28)/t18-,19-/m1/s1. The third kappa shape index (κ3) is 6.17. The lowest BCUT2D eigenvalue weighted by Crippen LogP contribution is -2.44. The third-order valence-electron chi connectivity index (χ3n) is 4.80. The van der Waals surface area contributed by atoms with E-state index >= 15 is 0 Å². The molecule has 0 saturated carbocycles. The van der Waals surface area contributed by atoms with Crippen molar-refractivity contribution in [2.45, 2.75) is 32.6 Å². The zero-order chi connectivity index (χ0) is 23.7. The van der Waals surface area contributed by atoms with Gasteiger partial charge < -0.3 is 20.1 Å². The summed E-state index contributed by atoms with van der Waals surface area (Å²) in [5.41, 5.74) is 0.650. The van der Waals surface area contributed by atoms with Crippen molar-refractivity contribution in [3.63, 3.8) is 0 Å². The molecule has 2 atom stereocenters. The number of halogens is 1. The summed E-state index contributed by atoms with van der Waals surface area (Å²) in [6.07, 6.45) is 1.81. The SMILES string of the molecule is CCCCNC(=O)CSC1=C(C#N)[C@@H](c2ccc(OCC)c(Cl)c2)[C@@H](C(=O)OC)C(=O)N1. The number of esters is 1. The van der Waals surface area contributed by atoms with Crippen LogP contribution in [0.25, 0.3) is 0 Å². The van der Waals surface area contributed by atoms with Crippen LogP contribution in [0.4, 0.5) is 0 Å². The van der Waals surface area contributed by atoms with Crippen molar-refractivity contribution in [2.24, 2.45) is 5.92 Å². The summed E-state index contributed by atoms with van der Waals surface area (Å²) in [5, 5.41) is 15.8. The van der Waals surface area contributed by atoms with Crippen LogP contribution in [0.1, 0.15) is 38.2 Å². The molecule has 32 heavy (non-hydrogen) atoms. The Labute approximate surface area is 196 Å². The number of unbranched alkanes of at least 4 members (excludes halogenated alkanes) is 1. The predicted octanol–water partition coefficient (Wildman–Crippen LogP) is 3.13. The molecule has 0 saturated heterocycles. The van der Waals surface area contributed by atoms with Crippen molar-refractivity contribution >= 4 is 41.1 Å². The van der Waals surface area contributed by atoms with Gasteiger partial charge in [0.05, 0.1) is 41.2 Å². The molecule has 0 spiro atoms. The van der Waals surface area contributed by atoms with Crippen LogP contribution in [0.2, 0.25) is 5.02 Å². The number of rotatable bonds is 10. The Morgan fingerprint density at radius 1 is 1.34 bits per heavy atom. The normalized spacial score (nSPS) is 17.9. The minimum Gasteiger partial charge on any atom is -0.492 e. The molecule has 2 N–H and O–H groups in total. The van der Waals surface area contributed by atoms with Crippen molar-refractivity contribution in [2.75, 3.05) is 26.0 Å². The zero-order valence-electron chi connectivity index (χ0n) is 18.2. The van der Waals surface area contributed by atoms with Gasteiger partial charge in [0, 0.05) is 12.5 Å². The number of carbonyl (C=O) groups excluding carboxylic acids is 3. The molecule has 2 amide bonds. The van der Waals surface area contributed by atoms with Gasteiger partial charge in [-0.05, 0) is 31.0 Å². The Bertz CT molecular complexity index is 944. The lowest BCUT2D eigenvalue weighted by Gasteiger charge is -2.31. The highest BCUT2D eigenvalue weighted by molar-refractivity contribution is 8.03. The van der Waals surface area contributed by atoms with Crippen LogP contribution < -0.4 is 15.4 Å². The fourth-order valence-corrected chi connectivity index (χ4v) is 4.38. The Balaban J connectivity index is 2.42. The van der Waals surface area contributed by atoms with Crippen LogP contribution in [0.15, 0.2) is 28.8 Å². The van der Waals surface area contributed by atoms with Crippen LogP contribution in [0.3, 0.4) is 0 Å². The molecule has 0 radical (unpaired) electrons. The molecule has 8 nitrogen and oxygen atoms in total. The molecule has 172 valence electrons. The summed E-state index contributed by atoms with van der Waals surface area (Å²) in [7, 11) is 1.18. The molecule has 0 aromatic heterocycles. The van der Waals surface area contributed by atoms with Gasteiger partial charge in [-0.15, -0.1) is 0 Å². The van der Waals surface area contributed by atoms with Crippen LogP contribution in [-0.4, -0.2) is 43.8 Å². The molecular weight excluding hydrogens is 454 g/mol. The lowest BCUT2D eigenvalue weighted by atomic mass is 9.78. The fourth-order valence-electron chi connectivity index (χ4n) is 3.26. The maximum Gasteiger partial charge on any atom is 0.319 e. The first-order chi connectivity index (χ1) is 15.4. The van der Waals surface area contributed by atoms with Crippen LogP contribution >= 0.6 is 23.4 Å². The molecule has 0 aliphatic carbocycles. The van der Waals surface area contributed by atoms with Crippen molar-refractivity contribution in [3.8, 4) is 11.8 Å². The lowest BCUT2D eigenvalue weighted by molar-refractivity contribution is -0.150. The number of hydrogen-bond donors (Lipinski definition) is 2. The van der Waals surface area contributed by atoms with Gasteiger partial charge in [0.25, 0.3) is 0 Å². The number of nitriles is 1. The van der Waals surface area contributed by atoms with Gasteiger partial charge in [0.2, 0.25) is 11.8 Å². The van der Waals surface area contributed by atoms with Crippen molar-refractivity contribution in [1.29, 1.82) is 5.26 Å². The van der Waals surface area contributed by atoms with E-state index in [2.05, 4.69) is 16.7 Å². The average molecular weight is 480 g/mol. The second-order valence-corrected chi connectivity index (χ2v) is 8.33. The highest BCUT2D eigenvalue weighted by Crippen LogP contribution is 2.42. The number of carbonyl (C=O) groups is 3. The Kier molecular flexibility index (Phi) is 9.88. The van der Waals surface area contributed by atoms with E-state index in [1.165, 1.54) is 7.11 Å². The maximum atomic E-state index is 12.8. The minimum atomic E-state index is -1.27. The maximum absolute atomic E-state index is 12.8. The van der Waals surface area contributed by atoms with Gasteiger partial charge in [-0.1, -0.05) is 42.8 Å². The largest absolute Gasteiger partial charge is 0.492 e. The summed E-state index contributed by atoms with van der Waals surface area (Å²) in [6, 6.07) is 6.96. The predicted molar refractivity (Wildman–Crippen MR) is 122 cm³/mol. The molecule has 0 fully saturated rings. The molecule has 0 bridgehead atoms. The summed E-state index contributed by atoms with van der Waals surface area (Å²) >= 11 is 7.36. The van der Waals surface area contributed by atoms with E-state index in [-0.39, 0.29) is 22.3 Å². The molecule has 1 heterocycles. The molecule has 0 unspecified atom stereocenters. The summed E-state index contributed by atoms with van der Waals surface area (Å²) in [6.45, 7) is 4.82. The van der Waals surface area contributed by atoms with Crippen LogP contribution in [-0.2, 0) is 19.1 Å². The number of hydrogen-bond acceptors (Lipinski definition) is 7. The van der Waals surface area contributed by atoms with Crippen LogP contribution in [0.5, 0.6) is 5.75 Å². The highest BCUT2D eigenvalue weighted by Gasteiger charge is 2.44. The molecule has 1 aromatic rings. The minimum absolute atomic E-state index is 0.0180. The second kappa shape index (κ2) is 12.4. The van der Waals surface area contributed by atoms with E-state index < -0.39 is 23.7 Å². The summed E-state index contributed by atoms with van der Waals surface area (Å²) < 4.78 is 10.3. The van der Waals surface area contributed by atoms with Crippen molar-refractivity contribution in [3.05, 3.63) is 39.4 Å². The quantitative estimate of drug-likeness (QED) is 0.300. The average Bonchev–Trinajstić information content (AvgIpc) is 2.78. The molecule has 10 heteroatoms. The number of thioether (sulfide) groups is 1. The van der Waals surface area contributed by atoms with Crippen LogP contribution in [0, 0.1) is 17.2 Å². The smallest absolute Gasteiger partial charge is 0.319 e. The molecule has 1 aliphatic rings. The van der Waals surface area contributed by atoms with E-state index in [1.54, 1.807) is 18.2 Å². The first-order valence-electron chi connectivity index (χ1n) is 10.2. The highest BCUT2D eigenvalue weighted by atomic mass is 35.5. The van der Waals surface area contributed by atoms with Gasteiger partial charge >= 0.3 is 5.97 Å². The third-order valence-corrected chi connectivity index (χ3v) is 6.11. The number of nitrogens with zero attached hydrogens (tertiary/aromatic N) is 1. The zero-order valence-corrected chi connectivity index (χ0v) is 19.8. The number of benzene rings is 1. The van der Waals surface area contributed by atoms with E-state index in [0.717, 1.165) is 24.6 Å². The molecular formula is C22H26ClN3O5S. The van der Waals surface area contributed by atoms with E-state index in [9.17, 15) is 19.6 Å². The number of nitrogens with one attached hydrogen (secondary N) is 2. The van der Waals surface area contributed by atoms with Crippen molar-refractivity contribution in [1.82, 2.24) is 10.6 Å². The Hall–Kier alpha value is -2.70. The Morgan fingerprint density at radius 3 is 2.69 bits per heavy atom. The monoisotopic (exact) mass is 479 g/mol. The van der Waals surface area contributed by atoms with Gasteiger partial charge in [0.15, 0.2) is 0 Å². The van der Waals surface area contributed by atoms with Gasteiger partial charge in [-0.25, -0.2) is 0 Å². The van der Waals surface area contributed by atoms with E-state index in [0.29, 0.717) is 29.5 Å². The van der Waals surface area contributed by atoms with Gasteiger partial charge in [-0.2, -0.15) is 5.26 Å². The van der Waals surface area contributed by atoms with E-state index in [4.69, 9.17) is 21.1 Å². The second-order valence-electron chi connectivity index (χ2n) is 6.94. The van der Waals surface area contributed by atoms with Gasteiger partial charge in [-0.3, -0.25) is 14.4 Å². The Morgan fingerprint density at radius 2 is 2.09 bits per heavy atom.